The van der Waals surface area contributed by atoms with E-state index in [9.17, 15) is 5.11 Å². The Kier molecular flexibility index (Phi) is 4.38. The first-order chi connectivity index (χ1) is 8.03. The van der Waals surface area contributed by atoms with Crippen molar-refractivity contribution in [2.45, 2.75) is 58.6 Å². The summed E-state index contributed by atoms with van der Waals surface area (Å²) in [4.78, 5) is 8.80. The number of aliphatic hydroxyl groups is 1. The van der Waals surface area contributed by atoms with Crippen LogP contribution in [0.3, 0.4) is 0 Å². The van der Waals surface area contributed by atoms with Gasteiger partial charge in [-0.15, -0.1) is 0 Å². The van der Waals surface area contributed by atoms with Crippen LogP contribution in [0.25, 0.3) is 0 Å². The molecule has 0 aliphatic heterocycles. The number of rotatable bonds is 4. The monoisotopic (exact) mass is 315 g/mol. The number of nitrogens with one attached hydrogen (secondary N) is 1. The highest BCUT2D eigenvalue weighted by atomic mass is 79.9. The topological polar surface area (TPSA) is 58.0 Å². The van der Waals surface area contributed by atoms with Crippen LogP contribution in [0.1, 0.15) is 53.3 Å². The number of hydrogen-bond donors (Lipinski definition) is 2. The number of nitrogens with zero attached hydrogens (tertiary/aromatic N) is 2. The molecule has 1 aromatic heterocycles. The summed E-state index contributed by atoms with van der Waals surface area (Å²) in [5.41, 5.74) is -1.35. The highest BCUT2D eigenvalue weighted by Crippen LogP contribution is 2.26. The fourth-order valence-electron chi connectivity index (χ4n) is 1.23. The van der Waals surface area contributed by atoms with Gasteiger partial charge in [0.1, 0.15) is 16.2 Å². The summed E-state index contributed by atoms with van der Waals surface area (Å²) in [6.45, 7) is 11.5. The van der Waals surface area contributed by atoms with Gasteiger partial charge in [0.25, 0.3) is 0 Å². The first-order valence-corrected chi connectivity index (χ1v) is 6.87. The van der Waals surface area contributed by atoms with Gasteiger partial charge in [-0.2, -0.15) is 0 Å². The van der Waals surface area contributed by atoms with Crippen LogP contribution in [0.4, 0.5) is 5.82 Å². The van der Waals surface area contributed by atoms with Crippen LogP contribution in [0.15, 0.2) is 10.7 Å². The largest absolute Gasteiger partial charge is 0.388 e. The molecule has 1 aromatic rings. The zero-order valence-corrected chi connectivity index (χ0v) is 13.5. The maximum absolute atomic E-state index is 10.1. The first-order valence-electron chi connectivity index (χ1n) is 6.08. The second kappa shape index (κ2) is 5.13. The summed E-state index contributed by atoms with van der Waals surface area (Å²) in [7, 11) is 0. The molecule has 4 nitrogen and oxygen atoms in total. The Labute approximate surface area is 117 Å². The maximum atomic E-state index is 10.1. The summed E-state index contributed by atoms with van der Waals surface area (Å²) >= 11 is 3.39. The molecular weight excluding hydrogens is 294 g/mol. The zero-order valence-electron chi connectivity index (χ0n) is 11.9. The van der Waals surface area contributed by atoms with Crippen molar-refractivity contribution in [1.82, 2.24) is 9.97 Å². The Hall–Kier alpha value is -0.680. The highest BCUT2D eigenvalue weighted by Gasteiger charge is 2.35. The number of hydrogen-bond acceptors (Lipinski definition) is 4. The van der Waals surface area contributed by atoms with E-state index >= 15 is 0 Å². The van der Waals surface area contributed by atoms with Gasteiger partial charge in [-0.05, 0) is 43.6 Å². The van der Waals surface area contributed by atoms with Crippen molar-refractivity contribution in [1.29, 1.82) is 0 Å². The minimum absolute atomic E-state index is 0.258. The second-order valence-corrected chi connectivity index (χ2v) is 6.71. The van der Waals surface area contributed by atoms with Crippen molar-refractivity contribution < 1.29 is 5.11 Å². The van der Waals surface area contributed by atoms with Crippen molar-refractivity contribution in [2.75, 3.05) is 5.32 Å². The third-order valence-corrected chi connectivity index (χ3v) is 3.60. The zero-order chi connectivity index (χ0) is 14.1. The molecule has 0 aliphatic rings. The van der Waals surface area contributed by atoms with Gasteiger partial charge in [-0.25, -0.2) is 9.97 Å². The van der Waals surface area contributed by atoms with E-state index in [1.54, 1.807) is 13.8 Å². The van der Waals surface area contributed by atoms with Crippen molar-refractivity contribution >= 4 is 21.7 Å². The normalized spacial score (nSPS) is 12.9. The molecule has 5 heteroatoms. The standard InChI is InChI=1S/C13H22BrN3O/c1-8(2)11-15-9(14)7-10(16-11)17-12(3,4)13(5,6)18/h7-8,18H,1-6H3,(H,15,16,17). The van der Waals surface area contributed by atoms with Crippen LogP contribution in [0.2, 0.25) is 0 Å². The van der Waals surface area contributed by atoms with E-state index in [-0.39, 0.29) is 5.92 Å². The molecule has 0 aliphatic carbocycles. The summed E-state index contributed by atoms with van der Waals surface area (Å²) in [5, 5.41) is 13.4. The molecule has 0 unspecified atom stereocenters. The Bertz CT molecular complexity index is 425. The summed E-state index contributed by atoms with van der Waals surface area (Å²) in [6, 6.07) is 1.82. The molecule has 0 saturated carbocycles. The lowest BCUT2D eigenvalue weighted by Crippen LogP contribution is -2.51. The Morgan fingerprint density at radius 3 is 2.22 bits per heavy atom. The van der Waals surface area contributed by atoms with E-state index in [0.29, 0.717) is 5.82 Å². The van der Waals surface area contributed by atoms with Gasteiger partial charge in [0.05, 0.1) is 11.1 Å². The lowest BCUT2D eigenvalue weighted by atomic mass is 9.86. The van der Waals surface area contributed by atoms with E-state index in [1.807, 2.05) is 33.8 Å². The number of aromatic nitrogens is 2. The van der Waals surface area contributed by atoms with Crippen molar-refractivity contribution in [3.63, 3.8) is 0 Å². The molecule has 102 valence electrons. The second-order valence-electron chi connectivity index (χ2n) is 5.90. The number of anilines is 1. The predicted molar refractivity (Wildman–Crippen MR) is 77.8 cm³/mol. The minimum atomic E-state index is -0.859. The van der Waals surface area contributed by atoms with Crippen LogP contribution < -0.4 is 5.32 Å². The molecule has 0 fully saturated rings. The summed E-state index contributed by atoms with van der Waals surface area (Å²) in [5.74, 6) is 1.75. The van der Waals surface area contributed by atoms with Gasteiger partial charge in [0, 0.05) is 12.0 Å². The van der Waals surface area contributed by atoms with Crippen molar-refractivity contribution in [3.8, 4) is 0 Å². The molecule has 0 bridgehead atoms. The van der Waals surface area contributed by atoms with E-state index in [4.69, 9.17) is 0 Å². The highest BCUT2D eigenvalue weighted by molar-refractivity contribution is 9.10. The van der Waals surface area contributed by atoms with Crippen LogP contribution in [0, 0.1) is 0 Å². The predicted octanol–water partition coefficient (Wildman–Crippen LogP) is 3.32. The van der Waals surface area contributed by atoms with Crippen LogP contribution in [-0.2, 0) is 0 Å². The Balaban J connectivity index is 3.05. The van der Waals surface area contributed by atoms with Crippen molar-refractivity contribution in [2.24, 2.45) is 0 Å². The molecule has 1 heterocycles. The van der Waals surface area contributed by atoms with Crippen molar-refractivity contribution in [3.05, 3.63) is 16.5 Å². The van der Waals surface area contributed by atoms with Gasteiger partial charge in [0.2, 0.25) is 0 Å². The molecule has 18 heavy (non-hydrogen) atoms. The van der Waals surface area contributed by atoms with Crippen LogP contribution in [-0.4, -0.2) is 26.2 Å². The Morgan fingerprint density at radius 2 is 1.78 bits per heavy atom. The maximum Gasteiger partial charge on any atom is 0.134 e. The average molecular weight is 316 g/mol. The fourth-order valence-corrected chi connectivity index (χ4v) is 1.63. The van der Waals surface area contributed by atoms with Gasteiger partial charge in [-0.3, -0.25) is 0 Å². The quantitative estimate of drug-likeness (QED) is 0.837. The fraction of sp³-hybridized carbons (Fsp3) is 0.692. The molecule has 1 rings (SSSR count). The van der Waals surface area contributed by atoms with Crippen LogP contribution >= 0.6 is 15.9 Å². The molecular formula is C13H22BrN3O. The molecule has 0 aromatic carbocycles. The molecule has 0 atom stereocenters. The minimum Gasteiger partial charge on any atom is -0.388 e. The molecule has 2 N–H and O–H groups in total. The SMILES string of the molecule is CC(C)c1nc(Br)cc(NC(C)(C)C(C)(C)O)n1. The molecule has 0 radical (unpaired) electrons. The van der Waals surface area contributed by atoms with E-state index in [1.165, 1.54) is 0 Å². The lowest BCUT2D eigenvalue weighted by Gasteiger charge is -2.38. The summed E-state index contributed by atoms with van der Waals surface area (Å²) in [6.07, 6.45) is 0. The van der Waals surface area contributed by atoms with Gasteiger partial charge in [0.15, 0.2) is 0 Å². The smallest absolute Gasteiger partial charge is 0.134 e. The average Bonchev–Trinajstić information content (AvgIpc) is 2.13. The van der Waals surface area contributed by atoms with Gasteiger partial charge in [-0.1, -0.05) is 13.8 Å². The van der Waals surface area contributed by atoms with E-state index < -0.39 is 11.1 Å². The third kappa shape index (κ3) is 3.65. The third-order valence-electron chi connectivity index (χ3n) is 3.20. The van der Waals surface area contributed by atoms with Crippen LogP contribution in [0.5, 0.6) is 0 Å². The lowest BCUT2D eigenvalue weighted by molar-refractivity contribution is 0.0238. The van der Waals surface area contributed by atoms with E-state index in [0.717, 1.165) is 10.4 Å². The molecule has 0 saturated heterocycles. The summed E-state index contributed by atoms with van der Waals surface area (Å²) < 4.78 is 0.746. The van der Waals surface area contributed by atoms with Gasteiger partial charge < -0.3 is 10.4 Å². The molecule has 0 amide bonds. The van der Waals surface area contributed by atoms with E-state index in [2.05, 4.69) is 31.2 Å². The Morgan fingerprint density at radius 1 is 1.22 bits per heavy atom. The first kappa shape index (κ1) is 15.4. The van der Waals surface area contributed by atoms with Gasteiger partial charge >= 0.3 is 0 Å². The number of halogens is 1. The molecule has 0 spiro atoms.